The molecular formula is C12H20. The predicted octanol–water partition coefficient (Wildman–Crippen LogP) is 4.23. The number of hydrogen-bond acceptors (Lipinski definition) is 0. The van der Waals surface area contributed by atoms with Gasteiger partial charge in [0.05, 0.1) is 0 Å². The molecule has 0 radical (unpaired) electrons. The normalized spacial score (nSPS) is 17.1. The van der Waals surface area contributed by atoms with Gasteiger partial charge in [0, 0.05) is 0 Å². The van der Waals surface area contributed by atoms with Gasteiger partial charge in [0.25, 0.3) is 0 Å². The maximum atomic E-state index is 2.43. The van der Waals surface area contributed by atoms with Crippen LogP contribution in [-0.2, 0) is 0 Å². The standard InChI is InChI=1S/C12H20/c1-4-7-10-8-11(5-2)12(6-3)9-10/h8H,4-7,9H2,1-3H3. The van der Waals surface area contributed by atoms with Crippen LogP contribution in [0.15, 0.2) is 22.8 Å². The first-order valence-corrected chi connectivity index (χ1v) is 5.22. The highest BCUT2D eigenvalue weighted by molar-refractivity contribution is 5.38. The van der Waals surface area contributed by atoms with Gasteiger partial charge in [-0.1, -0.05) is 44.4 Å². The SMILES string of the molecule is CCCC1=CC(CC)=C(CC)C1. The zero-order chi connectivity index (χ0) is 8.97. The minimum Gasteiger partial charge on any atom is -0.0659 e. The minimum atomic E-state index is 1.22. The first-order valence-electron chi connectivity index (χ1n) is 5.22. The monoisotopic (exact) mass is 164 g/mol. The fourth-order valence-corrected chi connectivity index (χ4v) is 1.97. The molecule has 0 heterocycles. The van der Waals surface area contributed by atoms with Crippen LogP contribution in [0.25, 0.3) is 0 Å². The van der Waals surface area contributed by atoms with Gasteiger partial charge in [-0.2, -0.15) is 0 Å². The second-order valence-electron chi connectivity index (χ2n) is 3.57. The quantitative estimate of drug-likeness (QED) is 0.583. The fourth-order valence-electron chi connectivity index (χ4n) is 1.97. The van der Waals surface area contributed by atoms with Crippen LogP contribution in [0.1, 0.15) is 52.9 Å². The van der Waals surface area contributed by atoms with Gasteiger partial charge in [-0.05, 0) is 31.3 Å². The molecule has 0 heteroatoms. The summed E-state index contributed by atoms with van der Waals surface area (Å²) in [6.45, 7) is 6.79. The third kappa shape index (κ3) is 2.00. The van der Waals surface area contributed by atoms with Crippen LogP contribution in [0.2, 0.25) is 0 Å². The van der Waals surface area contributed by atoms with Crippen LogP contribution >= 0.6 is 0 Å². The second-order valence-corrected chi connectivity index (χ2v) is 3.57. The molecule has 12 heavy (non-hydrogen) atoms. The van der Waals surface area contributed by atoms with E-state index in [1.807, 2.05) is 0 Å². The van der Waals surface area contributed by atoms with E-state index >= 15 is 0 Å². The van der Waals surface area contributed by atoms with Crippen molar-refractivity contribution in [3.63, 3.8) is 0 Å². The van der Waals surface area contributed by atoms with E-state index in [1.165, 1.54) is 32.1 Å². The average Bonchev–Trinajstić information content (AvgIpc) is 2.48. The Morgan fingerprint density at radius 1 is 1.17 bits per heavy atom. The van der Waals surface area contributed by atoms with Crippen molar-refractivity contribution < 1.29 is 0 Å². The van der Waals surface area contributed by atoms with Crippen molar-refractivity contribution in [3.05, 3.63) is 22.8 Å². The lowest BCUT2D eigenvalue weighted by Crippen LogP contribution is -1.82. The van der Waals surface area contributed by atoms with Gasteiger partial charge < -0.3 is 0 Å². The van der Waals surface area contributed by atoms with Crippen LogP contribution in [0.3, 0.4) is 0 Å². The molecule has 0 bridgehead atoms. The molecule has 0 saturated heterocycles. The summed E-state index contributed by atoms with van der Waals surface area (Å²) < 4.78 is 0. The molecule has 0 aromatic rings. The molecule has 0 N–H and O–H groups in total. The van der Waals surface area contributed by atoms with E-state index in [0.717, 1.165) is 0 Å². The van der Waals surface area contributed by atoms with E-state index in [-0.39, 0.29) is 0 Å². The van der Waals surface area contributed by atoms with E-state index in [9.17, 15) is 0 Å². The molecule has 0 aromatic heterocycles. The van der Waals surface area contributed by atoms with Gasteiger partial charge in [-0.25, -0.2) is 0 Å². The van der Waals surface area contributed by atoms with Crippen molar-refractivity contribution in [1.29, 1.82) is 0 Å². The molecule has 0 amide bonds. The predicted molar refractivity (Wildman–Crippen MR) is 55.2 cm³/mol. The number of rotatable bonds is 4. The Balaban J connectivity index is 2.60. The minimum absolute atomic E-state index is 1.22. The second kappa shape index (κ2) is 4.49. The lowest BCUT2D eigenvalue weighted by molar-refractivity contribution is 0.862. The van der Waals surface area contributed by atoms with Crippen molar-refractivity contribution in [2.24, 2.45) is 0 Å². The van der Waals surface area contributed by atoms with Crippen molar-refractivity contribution in [3.8, 4) is 0 Å². The molecule has 0 unspecified atom stereocenters. The Morgan fingerprint density at radius 3 is 2.33 bits per heavy atom. The van der Waals surface area contributed by atoms with Gasteiger partial charge in [0.2, 0.25) is 0 Å². The molecule has 0 atom stereocenters. The maximum Gasteiger partial charge on any atom is -0.00995 e. The fraction of sp³-hybridized carbons (Fsp3) is 0.667. The van der Waals surface area contributed by atoms with E-state index in [0.29, 0.717) is 0 Å². The van der Waals surface area contributed by atoms with Crippen LogP contribution < -0.4 is 0 Å². The van der Waals surface area contributed by atoms with E-state index in [4.69, 9.17) is 0 Å². The van der Waals surface area contributed by atoms with Crippen LogP contribution in [-0.4, -0.2) is 0 Å². The molecule has 1 aliphatic carbocycles. The molecule has 0 fully saturated rings. The number of allylic oxidation sites excluding steroid dienone is 4. The van der Waals surface area contributed by atoms with E-state index in [1.54, 1.807) is 16.7 Å². The third-order valence-electron chi connectivity index (χ3n) is 2.65. The average molecular weight is 164 g/mol. The van der Waals surface area contributed by atoms with Gasteiger partial charge >= 0.3 is 0 Å². The highest BCUT2D eigenvalue weighted by atomic mass is 14.2. The summed E-state index contributed by atoms with van der Waals surface area (Å²) >= 11 is 0. The van der Waals surface area contributed by atoms with Gasteiger partial charge in [-0.15, -0.1) is 0 Å². The summed E-state index contributed by atoms with van der Waals surface area (Å²) in [7, 11) is 0. The van der Waals surface area contributed by atoms with Crippen molar-refractivity contribution in [1.82, 2.24) is 0 Å². The molecule has 1 rings (SSSR count). The van der Waals surface area contributed by atoms with Crippen LogP contribution in [0.5, 0.6) is 0 Å². The molecule has 0 saturated carbocycles. The summed E-state index contributed by atoms with van der Waals surface area (Å²) in [5, 5.41) is 0. The first kappa shape index (κ1) is 9.57. The Morgan fingerprint density at radius 2 is 1.92 bits per heavy atom. The molecule has 0 aromatic carbocycles. The summed E-state index contributed by atoms with van der Waals surface area (Å²) in [5.41, 5.74) is 4.95. The van der Waals surface area contributed by atoms with Gasteiger partial charge in [0.15, 0.2) is 0 Å². The smallest absolute Gasteiger partial charge is 0.00995 e. The summed E-state index contributed by atoms with van der Waals surface area (Å²) in [6.07, 6.45) is 8.76. The lowest BCUT2D eigenvalue weighted by Gasteiger charge is -2.01. The van der Waals surface area contributed by atoms with Crippen molar-refractivity contribution in [2.45, 2.75) is 52.9 Å². The summed E-state index contributed by atoms with van der Waals surface area (Å²) in [6, 6.07) is 0. The molecule has 0 aliphatic heterocycles. The Hall–Kier alpha value is -0.520. The molecule has 0 nitrogen and oxygen atoms in total. The maximum absolute atomic E-state index is 2.43. The van der Waals surface area contributed by atoms with Gasteiger partial charge in [-0.3, -0.25) is 0 Å². The largest absolute Gasteiger partial charge is 0.0659 e. The van der Waals surface area contributed by atoms with E-state index in [2.05, 4.69) is 26.8 Å². The molecular weight excluding hydrogens is 144 g/mol. The zero-order valence-electron chi connectivity index (χ0n) is 8.61. The first-order chi connectivity index (χ1) is 5.81. The number of hydrogen-bond donors (Lipinski definition) is 0. The molecule has 1 aliphatic rings. The zero-order valence-corrected chi connectivity index (χ0v) is 8.61. The third-order valence-corrected chi connectivity index (χ3v) is 2.65. The summed E-state index contributed by atoms with van der Waals surface area (Å²) in [5.74, 6) is 0. The highest BCUT2D eigenvalue weighted by Gasteiger charge is 2.11. The van der Waals surface area contributed by atoms with Crippen LogP contribution in [0, 0.1) is 0 Å². The summed E-state index contributed by atoms with van der Waals surface area (Å²) in [4.78, 5) is 0. The Bertz CT molecular complexity index is 206. The highest BCUT2D eigenvalue weighted by Crippen LogP contribution is 2.31. The molecule has 0 spiro atoms. The van der Waals surface area contributed by atoms with Crippen molar-refractivity contribution in [2.75, 3.05) is 0 Å². The lowest BCUT2D eigenvalue weighted by atomic mass is 10.0. The topological polar surface area (TPSA) is 0 Å². The van der Waals surface area contributed by atoms with Gasteiger partial charge in [0.1, 0.15) is 0 Å². The Kier molecular flexibility index (Phi) is 3.58. The Labute approximate surface area is 76.4 Å². The molecule has 68 valence electrons. The van der Waals surface area contributed by atoms with Crippen molar-refractivity contribution >= 4 is 0 Å². The van der Waals surface area contributed by atoms with E-state index < -0.39 is 0 Å². The van der Waals surface area contributed by atoms with Crippen LogP contribution in [0.4, 0.5) is 0 Å².